The Balaban J connectivity index is 1.74. The molecule has 0 unspecified atom stereocenters. The van der Waals surface area contributed by atoms with Crippen LogP contribution in [0.3, 0.4) is 0 Å². The predicted octanol–water partition coefficient (Wildman–Crippen LogP) is 4.02. The first-order valence-corrected chi connectivity index (χ1v) is 11.0. The minimum absolute atomic E-state index is 0.0575. The molecule has 0 spiro atoms. The number of ether oxygens (including phenoxy) is 1. The first-order chi connectivity index (χ1) is 14.4. The van der Waals surface area contributed by atoms with Gasteiger partial charge in [0.2, 0.25) is 0 Å². The zero-order chi connectivity index (χ0) is 21.6. The number of para-hydroxylation sites is 2. The molecule has 3 aromatic carbocycles. The smallest absolute Gasteiger partial charge is 0.271 e. The number of benzene rings is 3. The van der Waals surface area contributed by atoms with Gasteiger partial charge in [-0.05, 0) is 48.0 Å². The second kappa shape index (κ2) is 9.55. The first kappa shape index (κ1) is 21.5. The molecule has 0 fully saturated rings. The van der Waals surface area contributed by atoms with Crippen molar-refractivity contribution in [3.05, 3.63) is 88.4 Å². The third kappa shape index (κ3) is 5.46. The van der Waals surface area contributed by atoms with Gasteiger partial charge in [0, 0.05) is 10.0 Å². The van der Waals surface area contributed by atoms with Crippen LogP contribution >= 0.6 is 15.9 Å². The Bertz CT molecular complexity index is 1180. The number of amides is 1. The number of hydrogen-bond donors (Lipinski definition) is 2. The molecule has 0 saturated carbocycles. The van der Waals surface area contributed by atoms with E-state index < -0.39 is 15.9 Å². The number of carbonyl (C=O) groups excluding carboxylic acids is 1. The summed E-state index contributed by atoms with van der Waals surface area (Å²) in [6.45, 7) is 0. The molecule has 154 valence electrons. The van der Waals surface area contributed by atoms with Gasteiger partial charge in [-0.3, -0.25) is 9.52 Å². The van der Waals surface area contributed by atoms with Gasteiger partial charge < -0.3 is 4.74 Å². The average Bonchev–Trinajstić information content (AvgIpc) is 2.75. The summed E-state index contributed by atoms with van der Waals surface area (Å²) in [6.07, 6.45) is 1.49. The van der Waals surface area contributed by atoms with Crippen LogP contribution in [0.5, 0.6) is 5.75 Å². The van der Waals surface area contributed by atoms with E-state index >= 15 is 0 Å². The number of hydrazone groups is 1. The van der Waals surface area contributed by atoms with Gasteiger partial charge in [-0.15, -0.1) is 0 Å². The molecule has 7 nitrogen and oxygen atoms in total. The standard InChI is InChI=1S/C21H18BrN3O4S/c1-29-20-8-3-2-7-19(20)25-30(27,28)18-6-4-5-16(13-18)21(26)24-23-14-15-9-11-17(22)12-10-15/h2-14,25H,1H3,(H,24,26)/b23-14-. The number of rotatable bonds is 7. The van der Waals surface area contributed by atoms with E-state index in [4.69, 9.17) is 4.74 Å². The number of nitrogens with one attached hydrogen (secondary N) is 2. The molecule has 0 atom stereocenters. The summed E-state index contributed by atoms with van der Waals surface area (Å²) < 4.78 is 34.1. The fraction of sp³-hybridized carbons (Fsp3) is 0.0476. The Labute approximate surface area is 183 Å². The van der Waals surface area contributed by atoms with Gasteiger partial charge in [0.15, 0.2) is 0 Å². The van der Waals surface area contributed by atoms with Crippen LogP contribution in [0, 0.1) is 0 Å². The van der Waals surface area contributed by atoms with Crippen molar-refractivity contribution in [2.75, 3.05) is 11.8 Å². The summed E-state index contributed by atoms with van der Waals surface area (Å²) in [4.78, 5) is 12.3. The Kier molecular flexibility index (Phi) is 6.86. The monoisotopic (exact) mass is 487 g/mol. The van der Waals surface area contributed by atoms with E-state index in [1.54, 1.807) is 24.3 Å². The normalized spacial score (nSPS) is 11.3. The lowest BCUT2D eigenvalue weighted by molar-refractivity contribution is 0.0955. The van der Waals surface area contributed by atoms with Crippen molar-refractivity contribution in [3.63, 3.8) is 0 Å². The Morgan fingerprint density at radius 2 is 1.77 bits per heavy atom. The van der Waals surface area contributed by atoms with Crippen LogP contribution in [-0.4, -0.2) is 27.6 Å². The van der Waals surface area contributed by atoms with E-state index in [2.05, 4.69) is 31.2 Å². The molecule has 3 rings (SSSR count). The molecule has 2 N–H and O–H groups in total. The SMILES string of the molecule is COc1ccccc1NS(=O)(=O)c1cccc(C(=O)N/N=C\c2ccc(Br)cc2)c1. The number of anilines is 1. The molecular weight excluding hydrogens is 470 g/mol. The van der Waals surface area contributed by atoms with Crippen molar-refractivity contribution in [1.29, 1.82) is 0 Å². The highest BCUT2D eigenvalue weighted by atomic mass is 79.9. The fourth-order valence-electron chi connectivity index (χ4n) is 2.52. The largest absolute Gasteiger partial charge is 0.495 e. The second-order valence-electron chi connectivity index (χ2n) is 6.08. The summed E-state index contributed by atoms with van der Waals surface area (Å²) in [6, 6.07) is 19.7. The van der Waals surface area contributed by atoms with Crippen molar-refractivity contribution < 1.29 is 17.9 Å². The third-order valence-corrected chi connectivity index (χ3v) is 5.90. The van der Waals surface area contributed by atoms with Gasteiger partial charge in [-0.1, -0.05) is 46.3 Å². The summed E-state index contributed by atoms with van der Waals surface area (Å²) in [5.41, 5.74) is 3.65. The van der Waals surface area contributed by atoms with E-state index in [1.807, 2.05) is 24.3 Å². The predicted molar refractivity (Wildman–Crippen MR) is 119 cm³/mol. The molecule has 0 aliphatic heterocycles. The Morgan fingerprint density at radius 1 is 1.03 bits per heavy atom. The highest BCUT2D eigenvalue weighted by Crippen LogP contribution is 2.26. The summed E-state index contributed by atoms with van der Waals surface area (Å²) >= 11 is 3.34. The molecule has 0 bridgehead atoms. The van der Waals surface area contributed by atoms with Crippen LogP contribution in [0.4, 0.5) is 5.69 Å². The molecule has 3 aromatic rings. The number of methoxy groups -OCH3 is 1. The zero-order valence-electron chi connectivity index (χ0n) is 15.9. The molecule has 0 aliphatic rings. The summed E-state index contributed by atoms with van der Waals surface area (Å²) in [7, 11) is -2.47. The van der Waals surface area contributed by atoms with Crippen molar-refractivity contribution in [3.8, 4) is 5.75 Å². The van der Waals surface area contributed by atoms with E-state index in [0.29, 0.717) is 11.4 Å². The van der Waals surface area contributed by atoms with Crippen molar-refractivity contribution in [2.45, 2.75) is 4.90 Å². The molecular formula is C21H18BrN3O4S. The number of nitrogens with zero attached hydrogens (tertiary/aromatic N) is 1. The van der Waals surface area contributed by atoms with Crippen LogP contribution in [0.15, 0.2) is 87.3 Å². The minimum Gasteiger partial charge on any atom is -0.495 e. The molecule has 30 heavy (non-hydrogen) atoms. The molecule has 0 saturated heterocycles. The summed E-state index contributed by atoms with van der Waals surface area (Å²) in [5, 5.41) is 3.91. The number of sulfonamides is 1. The van der Waals surface area contributed by atoms with Crippen LogP contribution in [0.2, 0.25) is 0 Å². The molecule has 0 radical (unpaired) electrons. The number of halogens is 1. The minimum atomic E-state index is -3.92. The van der Waals surface area contributed by atoms with Gasteiger partial charge in [0.25, 0.3) is 15.9 Å². The van der Waals surface area contributed by atoms with Crippen LogP contribution in [-0.2, 0) is 10.0 Å². The van der Waals surface area contributed by atoms with Gasteiger partial charge in [-0.2, -0.15) is 5.10 Å². The Morgan fingerprint density at radius 3 is 2.50 bits per heavy atom. The number of hydrogen-bond acceptors (Lipinski definition) is 5. The maximum atomic E-state index is 12.7. The number of carbonyl (C=O) groups is 1. The quantitative estimate of drug-likeness (QED) is 0.388. The van der Waals surface area contributed by atoms with Crippen LogP contribution < -0.4 is 14.9 Å². The molecule has 0 aromatic heterocycles. The van der Waals surface area contributed by atoms with Crippen molar-refractivity contribution in [2.24, 2.45) is 5.10 Å². The zero-order valence-corrected chi connectivity index (χ0v) is 18.3. The van der Waals surface area contributed by atoms with Gasteiger partial charge >= 0.3 is 0 Å². The first-order valence-electron chi connectivity index (χ1n) is 8.74. The molecule has 0 heterocycles. The van der Waals surface area contributed by atoms with Gasteiger partial charge in [-0.25, -0.2) is 13.8 Å². The van der Waals surface area contributed by atoms with Gasteiger partial charge in [0.1, 0.15) is 5.75 Å². The maximum Gasteiger partial charge on any atom is 0.271 e. The van der Waals surface area contributed by atoms with Crippen LogP contribution in [0.1, 0.15) is 15.9 Å². The summed E-state index contributed by atoms with van der Waals surface area (Å²) in [5.74, 6) is -0.144. The van der Waals surface area contributed by atoms with E-state index in [0.717, 1.165) is 10.0 Å². The lowest BCUT2D eigenvalue weighted by atomic mass is 10.2. The van der Waals surface area contributed by atoms with E-state index in [1.165, 1.54) is 37.6 Å². The highest BCUT2D eigenvalue weighted by molar-refractivity contribution is 9.10. The molecule has 1 amide bonds. The van der Waals surface area contributed by atoms with E-state index in [9.17, 15) is 13.2 Å². The highest BCUT2D eigenvalue weighted by Gasteiger charge is 2.18. The Hall–Kier alpha value is -3.17. The van der Waals surface area contributed by atoms with Crippen LogP contribution in [0.25, 0.3) is 0 Å². The van der Waals surface area contributed by atoms with Crippen molar-refractivity contribution in [1.82, 2.24) is 5.43 Å². The third-order valence-electron chi connectivity index (χ3n) is 4.01. The van der Waals surface area contributed by atoms with Crippen molar-refractivity contribution >= 4 is 43.8 Å². The lowest BCUT2D eigenvalue weighted by Crippen LogP contribution is -2.19. The van der Waals surface area contributed by atoms with E-state index in [-0.39, 0.29) is 10.5 Å². The lowest BCUT2D eigenvalue weighted by Gasteiger charge is -2.12. The maximum absolute atomic E-state index is 12.7. The topological polar surface area (TPSA) is 96.9 Å². The fourth-order valence-corrected chi connectivity index (χ4v) is 3.90. The average molecular weight is 488 g/mol. The second-order valence-corrected chi connectivity index (χ2v) is 8.68. The molecule has 0 aliphatic carbocycles. The van der Waals surface area contributed by atoms with Gasteiger partial charge in [0.05, 0.1) is 23.9 Å². The molecule has 9 heteroatoms.